The second kappa shape index (κ2) is 12.9. The Labute approximate surface area is 250 Å². The molecule has 0 amide bonds. The first-order chi connectivity index (χ1) is 18.6. The first-order valence-electron chi connectivity index (χ1n) is 14.2. The van der Waals surface area contributed by atoms with Crippen LogP contribution in [-0.2, 0) is 52.4 Å². The minimum Gasteiger partial charge on any atom is -0.462 e. The molecule has 0 unspecified atom stereocenters. The van der Waals surface area contributed by atoms with Crippen LogP contribution in [0.15, 0.2) is 0 Å². The molecule has 1 saturated heterocycles. The lowest BCUT2D eigenvalue weighted by Crippen LogP contribution is -2.64. The predicted octanol–water partition coefficient (Wildman–Crippen LogP) is 4.76. The molecule has 242 valence electrons. The standard InChI is InChI=1S/C31H52O11/c1-27(2,3)22(32)37-16-17-18(39-23(33)28(4,5)6)19(40-24(34)29(7,8)9)20(41-25(35)30(10,11)12)21(38-17)42-26(36)31(13,14)15/h17-21H,16H2,1-15H3/t17-,18-,19+,20-,21+/m1/s1. The summed E-state index contributed by atoms with van der Waals surface area (Å²) in [4.78, 5) is 65.3. The van der Waals surface area contributed by atoms with Gasteiger partial charge in [0.2, 0.25) is 12.4 Å². The van der Waals surface area contributed by atoms with E-state index in [9.17, 15) is 24.0 Å². The molecule has 5 atom stereocenters. The third-order valence-corrected chi connectivity index (χ3v) is 5.98. The number of hydrogen-bond donors (Lipinski definition) is 0. The Morgan fingerprint density at radius 2 is 0.762 bits per heavy atom. The van der Waals surface area contributed by atoms with Crippen molar-refractivity contribution in [3.8, 4) is 0 Å². The van der Waals surface area contributed by atoms with E-state index >= 15 is 0 Å². The van der Waals surface area contributed by atoms with Crippen molar-refractivity contribution in [1.29, 1.82) is 0 Å². The number of ether oxygens (including phenoxy) is 6. The highest BCUT2D eigenvalue weighted by Gasteiger charge is 2.56. The monoisotopic (exact) mass is 600 g/mol. The average molecular weight is 601 g/mol. The minimum atomic E-state index is -1.59. The molecule has 0 aliphatic carbocycles. The van der Waals surface area contributed by atoms with Gasteiger partial charge in [0, 0.05) is 0 Å². The number of rotatable bonds is 6. The summed E-state index contributed by atoms with van der Waals surface area (Å²) in [5.41, 5.74) is -4.86. The smallest absolute Gasteiger partial charge is 0.313 e. The van der Waals surface area contributed by atoms with Crippen molar-refractivity contribution in [2.24, 2.45) is 27.1 Å². The number of carbonyl (C=O) groups is 5. The van der Waals surface area contributed by atoms with Gasteiger partial charge in [-0.25, -0.2) is 0 Å². The van der Waals surface area contributed by atoms with Crippen molar-refractivity contribution in [2.45, 2.75) is 135 Å². The van der Waals surface area contributed by atoms with Crippen molar-refractivity contribution >= 4 is 29.8 Å². The number of carbonyl (C=O) groups excluding carboxylic acids is 5. The molecule has 1 aliphatic heterocycles. The molecule has 1 aliphatic rings. The molecule has 11 nitrogen and oxygen atoms in total. The van der Waals surface area contributed by atoms with E-state index in [4.69, 9.17) is 28.4 Å². The van der Waals surface area contributed by atoms with Gasteiger partial charge in [0.15, 0.2) is 12.2 Å². The van der Waals surface area contributed by atoms with Crippen LogP contribution >= 0.6 is 0 Å². The van der Waals surface area contributed by atoms with Crippen LogP contribution in [0.25, 0.3) is 0 Å². The van der Waals surface area contributed by atoms with E-state index in [1.165, 1.54) is 0 Å². The van der Waals surface area contributed by atoms with Crippen molar-refractivity contribution < 1.29 is 52.4 Å². The average Bonchev–Trinajstić information content (AvgIpc) is 2.77. The fraction of sp³-hybridized carbons (Fsp3) is 0.839. The molecule has 0 radical (unpaired) electrons. The summed E-state index contributed by atoms with van der Waals surface area (Å²) in [5, 5.41) is 0. The Bertz CT molecular complexity index is 1010. The van der Waals surface area contributed by atoms with Crippen molar-refractivity contribution in [1.82, 2.24) is 0 Å². The molecule has 1 fully saturated rings. The summed E-state index contributed by atoms with van der Waals surface area (Å²) >= 11 is 0. The van der Waals surface area contributed by atoms with E-state index in [2.05, 4.69) is 0 Å². The summed E-state index contributed by atoms with van der Waals surface area (Å²) < 4.78 is 34.9. The topological polar surface area (TPSA) is 141 Å². The maximum Gasteiger partial charge on any atom is 0.313 e. The fourth-order valence-electron chi connectivity index (χ4n) is 3.07. The van der Waals surface area contributed by atoms with E-state index in [0.29, 0.717) is 0 Å². The minimum absolute atomic E-state index is 0.439. The second-order valence-corrected chi connectivity index (χ2v) is 15.9. The Kier molecular flexibility index (Phi) is 11.5. The fourth-order valence-corrected chi connectivity index (χ4v) is 3.07. The van der Waals surface area contributed by atoms with Gasteiger partial charge in [-0.05, 0) is 104 Å². The predicted molar refractivity (Wildman–Crippen MR) is 153 cm³/mol. The zero-order valence-corrected chi connectivity index (χ0v) is 28.1. The van der Waals surface area contributed by atoms with Gasteiger partial charge in [0.1, 0.15) is 12.7 Å². The third-order valence-electron chi connectivity index (χ3n) is 5.98. The largest absolute Gasteiger partial charge is 0.462 e. The van der Waals surface area contributed by atoms with Crippen molar-refractivity contribution in [3.05, 3.63) is 0 Å². The summed E-state index contributed by atoms with van der Waals surface area (Å²) in [6.07, 6.45) is -7.27. The molecule has 42 heavy (non-hydrogen) atoms. The lowest BCUT2D eigenvalue weighted by Gasteiger charge is -2.45. The van der Waals surface area contributed by atoms with Crippen LogP contribution < -0.4 is 0 Å². The van der Waals surface area contributed by atoms with Crippen molar-refractivity contribution in [2.75, 3.05) is 6.61 Å². The molecule has 0 aromatic heterocycles. The Hall–Kier alpha value is -2.69. The first-order valence-corrected chi connectivity index (χ1v) is 14.2. The second-order valence-electron chi connectivity index (χ2n) is 15.9. The quantitative estimate of drug-likeness (QED) is 0.308. The van der Waals surface area contributed by atoms with Gasteiger partial charge in [0.25, 0.3) is 0 Å². The lowest BCUT2D eigenvalue weighted by atomic mass is 9.92. The van der Waals surface area contributed by atoms with Gasteiger partial charge in [-0.15, -0.1) is 0 Å². The Morgan fingerprint density at radius 1 is 0.452 bits per heavy atom. The van der Waals surface area contributed by atoms with Crippen LogP contribution in [-0.4, -0.2) is 67.2 Å². The van der Waals surface area contributed by atoms with E-state index in [0.717, 1.165) is 0 Å². The van der Waals surface area contributed by atoms with E-state index in [-0.39, 0.29) is 0 Å². The molecular formula is C31H52O11. The number of hydrogen-bond acceptors (Lipinski definition) is 11. The molecule has 11 heteroatoms. The number of esters is 5. The normalized spacial score (nSPS) is 23.8. The third kappa shape index (κ3) is 10.5. The molecule has 0 bridgehead atoms. The SMILES string of the molecule is CC(C)(C)C(=O)OC[C@H]1O[C@@H](OC(=O)C(C)(C)C)[C@H](OC(=O)C(C)(C)C)[C@@H](OC(=O)C(C)(C)C)[C@@H]1OC(=O)C(C)(C)C. The van der Waals surface area contributed by atoms with Crippen LogP contribution in [0.1, 0.15) is 104 Å². The van der Waals surface area contributed by atoms with Crippen LogP contribution in [0.4, 0.5) is 0 Å². The van der Waals surface area contributed by atoms with Gasteiger partial charge in [-0.2, -0.15) is 0 Å². The van der Waals surface area contributed by atoms with E-state index in [1.54, 1.807) is 104 Å². The van der Waals surface area contributed by atoms with Crippen LogP contribution in [0.5, 0.6) is 0 Å². The van der Waals surface area contributed by atoms with Crippen molar-refractivity contribution in [3.63, 3.8) is 0 Å². The Balaban J connectivity index is 3.82. The highest BCUT2D eigenvalue weighted by Crippen LogP contribution is 2.35. The maximum absolute atomic E-state index is 13.2. The summed E-state index contributed by atoms with van der Waals surface area (Å²) in [5.74, 6) is -3.34. The van der Waals surface area contributed by atoms with Gasteiger partial charge in [0.05, 0.1) is 27.1 Å². The first kappa shape index (κ1) is 37.3. The molecule has 0 aromatic rings. The molecule has 0 spiro atoms. The molecule has 0 saturated carbocycles. The zero-order chi connectivity index (χ0) is 33.2. The highest BCUT2D eigenvalue weighted by molar-refractivity contribution is 5.78. The summed E-state index contributed by atoms with van der Waals surface area (Å²) in [6, 6.07) is 0. The zero-order valence-electron chi connectivity index (χ0n) is 28.1. The molecule has 0 N–H and O–H groups in total. The summed E-state index contributed by atoms with van der Waals surface area (Å²) in [6.45, 7) is 24.1. The molecular weight excluding hydrogens is 548 g/mol. The van der Waals surface area contributed by atoms with Gasteiger partial charge in [-0.3, -0.25) is 24.0 Å². The van der Waals surface area contributed by atoms with Gasteiger partial charge < -0.3 is 28.4 Å². The Morgan fingerprint density at radius 3 is 1.12 bits per heavy atom. The van der Waals surface area contributed by atoms with E-state index < -0.39 is 94.2 Å². The molecule has 0 aromatic carbocycles. The molecule has 1 heterocycles. The van der Waals surface area contributed by atoms with Crippen LogP contribution in [0.2, 0.25) is 0 Å². The van der Waals surface area contributed by atoms with Crippen LogP contribution in [0, 0.1) is 27.1 Å². The maximum atomic E-state index is 13.2. The van der Waals surface area contributed by atoms with E-state index in [1.807, 2.05) is 0 Å². The lowest BCUT2D eigenvalue weighted by molar-refractivity contribution is -0.306. The summed E-state index contributed by atoms with van der Waals surface area (Å²) in [7, 11) is 0. The molecule has 1 rings (SSSR count). The van der Waals surface area contributed by atoms with Gasteiger partial charge >= 0.3 is 29.8 Å². The van der Waals surface area contributed by atoms with Crippen LogP contribution in [0.3, 0.4) is 0 Å². The highest BCUT2D eigenvalue weighted by atomic mass is 16.7. The van der Waals surface area contributed by atoms with Gasteiger partial charge in [-0.1, -0.05) is 0 Å².